The maximum Gasteiger partial charge on any atom is 0.242 e. The molecule has 0 spiro atoms. The second-order valence-corrected chi connectivity index (χ2v) is 5.06. The molecule has 5 heteroatoms. The van der Waals surface area contributed by atoms with Gasteiger partial charge < -0.3 is 14.4 Å². The Kier molecular flexibility index (Phi) is 4.01. The molecule has 5 nitrogen and oxygen atoms in total. The summed E-state index contributed by atoms with van der Waals surface area (Å²) in [4.78, 5) is 16.6. The maximum absolute atomic E-state index is 12.5. The highest BCUT2D eigenvalue weighted by Gasteiger charge is 2.38. The van der Waals surface area contributed by atoms with Crippen molar-refractivity contribution in [3.05, 3.63) is 0 Å². The Bertz CT molecular complexity index is 269. The predicted molar refractivity (Wildman–Crippen MR) is 63.9 cm³/mol. The molecule has 0 aromatic heterocycles. The van der Waals surface area contributed by atoms with Crippen LogP contribution < -0.4 is 0 Å². The normalized spacial score (nSPS) is 23.8. The smallest absolute Gasteiger partial charge is 0.242 e. The van der Waals surface area contributed by atoms with E-state index < -0.39 is 5.54 Å². The van der Waals surface area contributed by atoms with Crippen LogP contribution >= 0.6 is 0 Å². The minimum Gasteiger partial charge on any atom is -0.379 e. The Morgan fingerprint density at radius 2 is 1.41 bits per heavy atom. The van der Waals surface area contributed by atoms with Gasteiger partial charge in [0.05, 0.1) is 32.0 Å². The van der Waals surface area contributed by atoms with Gasteiger partial charge in [0.1, 0.15) is 0 Å². The third kappa shape index (κ3) is 2.78. The molecule has 0 aliphatic carbocycles. The number of hydrogen-bond donors (Lipinski definition) is 0. The van der Waals surface area contributed by atoms with Crippen LogP contribution in [0, 0.1) is 0 Å². The van der Waals surface area contributed by atoms with Crippen LogP contribution in [0.25, 0.3) is 0 Å². The van der Waals surface area contributed by atoms with Gasteiger partial charge in [0.15, 0.2) is 0 Å². The van der Waals surface area contributed by atoms with E-state index in [1.165, 1.54) is 0 Å². The van der Waals surface area contributed by atoms with Gasteiger partial charge in [0.25, 0.3) is 0 Å². The number of rotatable bonds is 2. The molecule has 0 N–H and O–H groups in total. The first-order valence-electron chi connectivity index (χ1n) is 6.32. The van der Waals surface area contributed by atoms with Crippen molar-refractivity contribution in [1.29, 1.82) is 0 Å². The van der Waals surface area contributed by atoms with Crippen LogP contribution in [0.2, 0.25) is 0 Å². The first kappa shape index (κ1) is 12.8. The molecule has 2 aliphatic rings. The summed E-state index contributed by atoms with van der Waals surface area (Å²) in [5, 5.41) is 0. The topological polar surface area (TPSA) is 42.0 Å². The van der Waals surface area contributed by atoms with Crippen molar-refractivity contribution in [1.82, 2.24) is 9.80 Å². The van der Waals surface area contributed by atoms with E-state index in [0.717, 1.165) is 26.3 Å². The van der Waals surface area contributed by atoms with Crippen molar-refractivity contribution < 1.29 is 14.3 Å². The van der Waals surface area contributed by atoms with Crippen molar-refractivity contribution in [3.8, 4) is 0 Å². The van der Waals surface area contributed by atoms with E-state index in [0.29, 0.717) is 26.3 Å². The molecule has 0 atom stereocenters. The lowest BCUT2D eigenvalue weighted by Crippen LogP contribution is -2.60. The zero-order chi connectivity index (χ0) is 12.3. The van der Waals surface area contributed by atoms with Gasteiger partial charge in [-0.2, -0.15) is 0 Å². The fourth-order valence-corrected chi connectivity index (χ4v) is 2.41. The summed E-state index contributed by atoms with van der Waals surface area (Å²) in [5.41, 5.74) is -0.429. The molecule has 2 aliphatic heterocycles. The first-order chi connectivity index (χ1) is 8.12. The van der Waals surface area contributed by atoms with Crippen LogP contribution in [0.15, 0.2) is 0 Å². The average Bonchev–Trinajstić information content (AvgIpc) is 2.40. The average molecular weight is 242 g/mol. The molecule has 0 aromatic carbocycles. The lowest BCUT2D eigenvalue weighted by atomic mass is 9.99. The first-order valence-corrected chi connectivity index (χ1v) is 6.32. The van der Waals surface area contributed by atoms with Crippen molar-refractivity contribution in [3.63, 3.8) is 0 Å². The van der Waals surface area contributed by atoms with Gasteiger partial charge in [-0.25, -0.2) is 0 Å². The minimum absolute atomic E-state index is 0.211. The van der Waals surface area contributed by atoms with Gasteiger partial charge in [0, 0.05) is 26.2 Å². The third-order valence-electron chi connectivity index (χ3n) is 3.62. The summed E-state index contributed by atoms with van der Waals surface area (Å²) < 4.78 is 10.6. The van der Waals surface area contributed by atoms with Crippen molar-refractivity contribution in [2.24, 2.45) is 0 Å². The molecule has 0 saturated carbocycles. The fraction of sp³-hybridized carbons (Fsp3) is 0.917. The van der Waals surface area contributed by atoms with Crippen LogP contribution in [-0.2, 0) is 14.3 Å². The predicted octanol–water partition coefficient (Wildman–Crippen LogP) is -0.0440. The number of hydrogen-bond acceptors (Lipinski definition) is 4. The molecular formula is C12H22N2O3. The van der Waals surface area contributed by atoms with Crippen LogP contribution in [-0.4, -0.2) is 73.9 Å². The molecule has 2 rings (SSSR count). The Hall–Kier alpha value is -0.650. The highest BCUT2D eigenvalue weighted by molar-refractivity contribution is 5.85. The van der Waals surface area contributed by atoms with E-state index >= 15 is 0 Å². The SMILES string of the molecule is CC(C)(C(=O)N1CCOCC1)N1CCOCC1. The van der Waals surface area contributed by atoms with Crippen molar-refractivity contribution in [2.45, 2.75) is 19.4 Å². The molecular weight excluding hydrogens is 220 g/mol. The number of amides is 1. The summed E-state index contributed by atoms with van der Waals surface area (Å²) >= 11 is 0. The Morgan fingerprint density at radius 1 is 0.941 bits per heavy atom. The van der Waals surface area contributed by atoms with E-state index in [9.17, 15) is 4.79 Å². The lowest BCUT2D eigenvalue weighted by Gasteiger charge is -2.42. The number of carbonyl (C=O) groups excluding carboxylic acids is 1. The Labute approximate surface area is 103 Å². The summed E-state index contributed by atoms with van der Waals surface area (Å²) in [7, 11) is 0. The highest BCUT2D eigenvalue weighted by atomic mass is 16.5. The molecule has 17 heavy (non-hydrogen) atoms. The minimum atomic E-state index is -0.429. The standard InChI is InChI=1S/C12H22N2O3/c1-12(2,14-5-9-17-10-6-14)11(15)13-3-7-16-8-4-13/h3-10H2,1-2H3. The van der Waals surface area contributed by atoms with Gasteiger partial charge in [-0.3, -0.25) is 9.69 Å². The van der Waals surface area contributed by atoms with Crippen molar-refractivity contribution >= 4 is 5.91 Å². The van der Waals surface area contributed by atoms with Gasteiger partial charge in [-0.05, 0) is 13.8 Å². The van der Waals surface area contributed by atoms with Crippen LogP contribution in [0.5, 0.6) is 0 Å². The third-order valence-corrected chi connectivity index (χ3v) is 3.62. The zero-order valence-corrected chi connectivity index (χ0v) is 10.8. The fourth-order valence-electron chi connectivity index (χ4n) is 2.41. The summed E-state index contributed by atoms with van der Waals surface area (Å²) in [6.07, 6.45) is 0. The number of ether oxygens (including phenoxy) is 2. The van der Waals surface area contributed by atoms with E-state index in [1.807, 2.05) is 18.7 Å². The molecule has 0 bridgehead atoms. The van der Waals surface area contributed by atoms with Gasteiger partial charge in [0.2, 0.25) is 5.91 Å². The van der Waals surface area contributed by atoms with E-state index in [1.54, 1.807) is 0 Å². The monoisotopic (exact) mass is 242 g/mol. The number of morpholine rings is 2. The van der Waals surface area contributed by atoms with E-state index in [4.69, 9.17) is 9.47 Å². The largest absolute Gasteiger partial charge is 0.379 e. The number of nitrogens with zero attached hydrogens (tertiary/aromatic N) is 2. The van der Waals surface area contributed by atoms with Crippen LogP contribution in [0.4, 0.5) is 0 Å². The molecule has 2 heterocycles. The summed E-state index contributed by atoms with van der Waals surface area (Å²) in [6, 6.07) is 0. The Morgan fingerprint density at radius 3 is 1.94 bits per heavy atom. The number of carbonyl (C=O) groups is 1. The van der Waals surface area contributed by atoms with E-state index in [2.05, 4.69) is 4.90 Å². The quantitative estimate of drug-likeness (QED) is 0.681. The van der Waals surface area contributed by atoms with Crippen molar-refractivity contribution in [2.75, 3.05) is 52.6 Å². The lowest BCUT2D eigenvalue weighted by molar-refractivity contribution is -0.149. The molecule has 98 valence electrons. The highest BCUT2D eigenvalue weighted by Crippen LogP contribution is 2.19. The molecule has 0 aromatic rings. The maximum atomic E-state index is 12.5. The molecule has 0 unspecified atom stereocenters. The van der Waals surface area contributed by atoms with Crippen LogP contribution in [0.1, 0.15) is 13.8 Å². The summed E-state index contributed by atoms with van der Waals surface area (Å²) in [6.45, 7) is 9.88. The van der Waals surface area contributed by atoms with Gasteiger partial charge in [-0.1, -0.05) is 0 Å². The Balaban J connectivity index is 1.99. The zero-order valence-electron chi connectivity index (χ0n) is 10.8. The summed E-state index contributed by atoms with van der Waals surface area (Å²) in [5.74, 6) is 0.211. The second-order valence-electron chi connectivity index (χ2n) is 5.06. The van der Waals surface area contributed by atoms with E-state index in [-0.39, 0.29) is 5.91 Å². The van der Waals surface area contributed by atoms with Crippen LogP contribution in [0.3, 0.4) is 0 Å². The second kappa shape index (κ2) is 5.33. The molecule has 0 radical (unpaired) electrons. The molecule has 2 fully saturated rings. The molecule has 2 saturated heterocycles. The van der Waals surface area contributed by atoms with Gasteiger partial charge in [-0.15, -0.1) is 0 Å². The molecule has 1 amide bonds. The van der Waals surface area contributed by atoms with Gasteiger partial charge >= 0.3 is 0 Å².